The van der Waals surface area contributed by atoms with Crippen LogP contribution in [0.25, 0.3) is 10.9 Å². The first-order chi connectivity index (χ1) is 12.1. The highest BCUT2D eigenvalue weighted by atomic mass is 16.2. The number of hydrogen-bond acceptors (Lipinski definition) is 2. The molecule has 0 spiro atoms. The van der Waals surface area contributed by atoms with Crippen LogP contribution in [0.4, 0.5) is 0 Å². The molecule has 0 bridgehead atoms. The number of amides is 1. The third kappa shape index (κ3) is 3.79. The quantitative estimate of drug-likeness (QED) is 0.557. The molecule has 4 nitrogen and oxygen atoms in total. The number of fused-ring (bicyclic) bond motifs is 1. The Kier molecular flexibility index (Phi) is 4.98. The monoisotopic (exact) mass is 333 g/mol. The highest BCUT2D eigenvalue weighted by molar-refractivity contribution is 5.99. The number of carbonyl (C=O) groups excluding carboxylic acids is 1. The van der Waals surface area contributed by atoms with E-state index in [1.54, 1.807) is 6.21 Å². The molecule has 0 saturated heterocycles. The summed E-state index contributed by atoms with van der Waals surface area (Å²) >= 11 is 0. The highest BCUT2D eigenvalue weighted by Crippen LogP contribution is 2.19. The van der Waals surface area contributed by atoms with Crippen molar-refractivity contribution in [1.82, 2.24) is 9.99 Å². The predicted molar refractivity (Wildman–Crippen MR) is 103 cm³/mol. The second-order valence-corrected chi connectivity index (χ2v) is 6.29. The molecule has 1 amide bonds. The Bertz CT molecular complexity index is 937. The van der Waals surface area contributed by atoms with Crippen LogP contribution < -0.4 is 5.43 Å². The summed E-state index contributed by atoms with van der Waals surface area (Å²) in [5, 5.41) is 5.28. The summed E-state index contributed by atoms with van der Waals surface area (Å²) in [5.41, 5.74) is 8.17. The topological polar surface area (TPSA) is 46.4 Å². The van der Waals surface area contributed by atoms with Crippen molar-refractivity contribution in [3.63, 3.8) is 0 Å². The molecule has 1 aromatic heterocycles. The molecule has 0 aliphatic rings. The van der Waals surface area contributed by atoms with E-state index in [0.29, 0.717) is 6.42 Å². The molecule has 0 fully saturated rings. The van der Waals surface area contributed by atoms with Crippen LogP contribution in [-0.4, -0.2) is 16.7 Å². The fraction of sp³-hybridized carbons (Fsp3) is 0.238. The molecule has 0 radical (unpaired) electrons. The summed E-state index contributed by atoms with van der Waals surface area (Å²) in [5.74, 6) is -0.109. The number of aromatic nitrogens is 1. The van der Waals surface area contributed by atoms with Crippen molar-refractivity contribution < 1.29 is 4.79 Å². The molecule has 25 heavy (non-hydrogen) atoms. The summed E-state index contributed by atoms with van der Waals surface area (Å²) in [7, 11) is 0. The lowest BCUT2D eigenvalue weighted by molar-refractivity contribution is -0.120. The zero-order chi connectivity index (χ0) is 17.8. The van der Waals surface area contributed by atoms with Crippen LogP contribution in [0, 0.1) is 13.8 Å². The molecule has 4 heteroatoms. The second kappa shape index (κ2) is 7.34. The van der Waals surface area contributed by atoms with E-state index in [2.05, 4.69) is 46.4 Å². The lowest BCUT2D eigenvalue weighted by Crippen LogP contribution is -2.20. The third-order valence-electron chi connectivity index (χ3n) is 4.40. The van der Waals surface area contributed by atoms with Gasteiger partial charge in [-0.25, -0.2) is 5.43 Å². The Morgan fingerprint density at radius 2 is 2.00 bits per heavy atom. The van der Waals surface area contributed by atoms with Gasteiger partial charge >= 0.3 is 0 Å². The molecule has 1 heterocycles. The van der Waals surface area contributed by atoms with E-state index in [4.69, 9.17) is 0 Å². The number of benzene rings is 2. The average Bonchev–Trinajstić information content (AvgIpc) is 2.96. The van der Waals surface area contributed by atoms with Crippen molar-refractivity contribution in [3.8, 4) is 0 Å². The van der Waals surface area contributed by atoms with E-state index < -0.39 is 0 Å². The molecular weight excluding hydrogens is 310 g/mol. The standard InChI is InChI=1S/C21H23N3O/c1-4-24-14-18(19-7-5-6-8-20(19)24)13-22-23-21(25)12-17-10-9-15(2)11-16(17)3/h5-11,13-14H,4,12H2,1-3H3,(H,23,25)/b22-13+. The van der Waals surface area contributed by atoms with Crippen molar-refractivity contribution in [2.75, 3.05) is 0 Å². The number of nitrogens with zero attached hydrogens (tertiary/aromatic N) is 2. The minimum atomic E-state index is -0.109. The van der Waals surface area contributed by atoms with Gasteiger partial charge in [0.05, 0.1) is 12.6 Å². The van der Waals surface area contributed by atoms with Gasteiger partial charge in [0.2, 0.25) is 5.91 Å². The predicted octanol–water partition coefficient (Wildman–Crippen LogP) is 3.97. The van der Waals surface area contributed by atoms with Crippen molar-refractivity contribution in [2.24, 2.45) is 5.10 Å². The van der Waals surface area contributed by atoms with E-state index in [1.165, 1.54) is 11.1 Å². The van der Waals surface area contributed by atoms with Gasteiger partial charge < -0.3 is 4.57 Å². The van der Waals surface area contributed by atoms with E-state index in [9.17, 15) is 4.79 Å². The first-order valence-electron chi connectivity index (χ1n) is 8.54. The number of aryl methyl sites for hydroxylation is 3. The van der Waals surface area contributed by atoms with Crippen LogP contribution in [0.1, 0.15) is 29.2 Å². The maximum absolute atomic E-state index is 12.1. The number of hydrogen-bond donors (Lipinski definition) is 1. The van der Waals surface area contributed by atoms with Gasteiger partial charge in [0, 0.05) is 29.2 Å². The zero-order valence-corrected chi connectivity index (χ0v) is 14.9. The summed E-state index contributed by atoms with van der Waals surface area (Å²) in [4.78, 5) is 12.1. The summed E-state index contributed by atoms with van der Waals surface area (Å²) in [6, 6.07) is 14.3. The van der Waals surface area contributed by atoms with Crippen molar-refractivity contribution in [2.45, 2.75) is 33.7 Å². The Morgan fingerprint density at radius 3 is 2.76 bits per heavy atom. The van der Waals surface area contributed by atoms with Crippen LogP contribution in [0.2, 0.25) is 0 Å². The fourth-order valence-electron chi connectivity index (χ4n) is 3.07. The lowest BCUT2D eigenvalue weighted by Gasteiger charge is -2.05. The van der Waals surface area contributed by atoms with Crippen LogP contribution in [0.3, 0.4) is 0 Å². The minimum Gasteiger partial charge on any atom is -0.347 e. The lowest BCUT2D eigenvalue weighted by atomic mass is 10.0. The second-order valence-electron chi connectivity index (χ2n) is 6.29. The highest BCUT2D eigenvalue weighted by Gasteiger charge is 2.07. The van der Waals surface area contributed by atoms with Gasteiger partial charge in [-0.1, -0.05) is 42.0 Å². The smallest absolute Gasteiger partial charge is 0.244 e. The van der Waals surface area contributed by atoms with Gasteiger partial charge in [-0.15, -0.1) is 0 Å². The van der Waals surface area contributed by atoms with Gasteiger partial charge in [-0.05, 0) is 38.0 Å². The molecule has 0 aliphatic carbocycles. The molecule has 128 valence electrons. The van der Waals surface area contributed by atoms with Gasteiger partial charge in [-0.2, -0.15) is 5.10 Å². The Labute approximate surface area is 148 Å². The number of hydrazone groups is 1. The van der Waals surface area contributed by atoms with Gasteiger partial charge in [-0.3, -0.25) is 4.79 Å². The Balaban J connectivity index is 1.70. The molecule has 0 saturated carbocycles. The molecular formula is C21H23N3O. The average molecular weight is 333 g/mol. The molecule has 2 aromatic carbocycles. The molecule has 0 atom stereocenters. The van der Waals surface area contributed by atoms with E-state index in [1.807, 2.05) is 38.1 Å². The largest absolute Gasteiger partial charge is 0.347 e. The molecule has 3 aromatic rings. The molecule has 1 N–H and O–H groups in total. The SMILES string of the molecule is CCn1cc(/C=N/NC(=O)Cc2ccc(C)cc2C)c2ccccc21. The van der Waals surface area contributed by atoms with E-state index >= 15 is 0 Å². The normalized spacial score (nSPS) is 11.3. The summed E-state index contributed by atoms with van der Waals surface area (Å²) < 4.78 is 2.17. The third-order valence-corrected chi connectivity index (χ3v) is 4.40. The van der Waals surface area contributed by atoms with E-state index in [-0.39, 0.29) is 5.91 Å². The van der Waals surface area contributed by atoms with E-state index in [0.717, 1.165) is 28.6 Å². The Morgan fingerprint density at radius 1 is 1.20 bits per heavy atom. The van der Waals surface area contributed by atoms with Crippen molar-refractivity contribution in [1.29, 1.82) is 0 Å². The maximum Gasteiger partial charge on any atom is 0.244 e. The first-order valence-corrected chi connectivity index (χ1v) is 8.54. The number of rotatable bonds is 5. The van der Waals surface area contributed by atoms with Gasteiger partial charge in [0.15, 0.2) is 0 Å². The molecule has 3 rings (SSSR count). The van der Waals surface area contributed by atoms with Crippen LogP contribution in [0.15, 0.2) is 53.8 Å². The van der Waals surface area contributed by atoms with Gasteiger partial charge in [0.25, 0.3) is 0 Å². The number of carbonyl (C=O) groups is 1. The van der Waals surface area contributed by atoms with Crippen molar-refractivity contribution in [3.05, 3.63) is 70.9 Å². The zero-order valence-electron chi connectivity index (χ0n) is 14.9. The maximum atomic E-state index is 12.1. The molecule has 0 aliphatic heterocycles. The Hall–Kier alpha value is -2.88. The van der Waals surface area contributed by atoms with Crippen LogP contribution in [-0.2, 0) is 17.8 Å². The molecule has 0 unspecified atom stereocenters. The van der Waals surface area contributed by atoms with Crippen LogP contribution in [0.5, 0.6) is 0 Å². The summed E-state index contributed by atoms with van der Waals surface area (Å²) in [6.45, 7) is 7.08. The first kappa shape index (κ1) is 17.0. The summed E-state index contributed by atoms with van der Waals surface area (Å²) in [6.07, 6.45) is 4.11. The number of nitrogens with one attached hydrogen (secondary N) is 1. The fourth-order valence-corrected chi connectivity index (χ4v) is 3.07. The number of para-hydroxylation sites is 1. The van der Waals surface area contributed by atoms with Crippen LogP contribution >= 0.6 is 0 Å². The van der Waals surface area contributed by atoms with Gasteiger partial charge in [0.1, 0.15) is 0 Å². The minimum absolute atomic E-state index is 0.109. The van der Waals surface area contributed by atoms with Crippen molar-refractivity contribution >= 4 is 23.0 Å².